The summed E-state index contributed by atoms with van der Waals surface area (Å²) in [4.78, 5) is 18.4. The van der Waals surface area contributed by atoms with Gasteiger partial charge >= 0.3 is 0 Å². The Kier molecular flexibility index (Phi) is 5.83. The number of fused-ring (bicyclic) bond motifs is 2. The molecule has 1 amide bonds. The van der Waals surface area contributed by atoms with Gasteiger partial charge in [0.05, 0.1) is 10.7 Å². The molecule has 140 valence electrons. The highest BCUT2D eigenvalue weighted by Crippen LogP contribution is 2.27. The monoisotopic (exact) mass is 378 g/mol. The lowest BCUT2D eigenvalue weighted by molar-refractivity contribution is -0.121. The van der Waals surface area contributed by atoms with Crippen LogP contribution in [0, 0.1) is 0 Å². The Balaban J connectivity index is 1.18. The maximum Gasteiger partial charge on any atom is 0.220 e. The van der Waals surface area contributed by atoms with Gasteiger partial charge < -0.3 is 5.32 Å². The number of benzene rings is 2. The van der Waals surface area contributed by atoms with Crippen molar-refractivity contribution in [3.63, 3.8) is 0 Å². The van der Waals surface area contributed by atoms with E-state index in [1.807, 2.05) is 11.3 Å². The number of thiazole rings is 1. The van der Waals surface area contributed by atoms with Gasteiger partial charge in [-0.2, -0.15) is 0 Å². The van der Waals surface area contributed by atoms with E-state index in [-0.39, 0.29) is 5.91 Å². The molecule has 0 aliphatic heterocycles. The number of nitrogens with one attached hydrogen (secondary N) is 1. The molecule has 27 heavy (non-hydrogen) atoms. The van der Waals surface area contributed by atoms with Crippen LogP contribution >= 0.6 is 11.3 Å². The third-order valence-electron chi connectivity index (χ3n) is 5.23. The molecule has 4 heteroatoms. The summed E-state index contributed by atoms with van der Waals surface area (Å²) in [6, 6.07) is 14.8. The molecule has 3 aromatic rings. The van der Waals surface area contributed by atoms with Gasteiger partial charge in [-0.3, -0.25) is 4.79 Å². The Labute approximate surface area is 164 Å². The van der Waals surface area contributed by atoms with Gasteiger partial charge in [0.1, 0.15) is 0 Å². The molecule has 0 spiro atoms. The third kappa shape index (κ3) is 4.75. The summed E-state index contributed by atoms with van der Waals surface area (Å²) in [7, 11) is 0. The molecule has 3 nitrogen and oxygen atoms in total. The molecule has 4 rings (SSSR count). The first-order valence-electron chi connectivity index (χ1n) is 10.00. The van der Waals surface area contributed by atoms with Crippen molar-refractivity contribution in [1.29, 1.82) is 0 Å². The van der Waals surface area contributed by atoms with Crippen molar-refractivity contribution in [2.45, 2.75) is 51.4 Å². The lowest BCUT2D eigenvalue weighted by atomic mass is 10.0. The van der Waals surface area contributed by atoms with E-state index in [9.17, 15) is 4.79 Å². The minimum absolute atomic E-state index is 0.140. The minimum atomic E-state index is 0.140. The molecule has 2 aromatic carbocycles. The SMILES string of the molecule is O=C(CCc1ccc2ccccc2c1)NCCCc1nc2c(s1)CCCC2. The molecule has 0 saturated heterocycles. The van der Waals surface area contributed by atoms with Gasteiger partial charge in [-0.25, -0.2) is 4.98 Å². The molecule has 1 aromatic heterocycles. The van der Waals surface area contributed by atoms with Gasteiger partial charge in [-0.15, -0.1) is 11.3 Å². The maximum absolute atomic E-state index is 12.1. The zero-order valence-corrected chi connectivity index (χ0v) is 16.5. The van der Waals surface area contributed by atoms with E-state index in [4.69, 9.17) is 4.98 Å². The molecule has 1 aliphatic rings. The van der Waals surface area contributed by atoms with Crippen LogP contribution in [0.3, 0.4) is 0 Å². The fourth-order valence-electron chi connectivity index (χ4n) is 3.72. The highest BCUT2D eigenvalue weighted by molar-refractivity contribution is 7.11. The summed E-state index contributed by atoms with van der Waals surface area (Å²) >= 11 is 1.88. The number of aromatic nitrogens is 1. The Morgan fingerprint density at radius 2 is 1.89 bits per heavy atom. The van der Waals surface area contributed by atoms with Crippen molar-refractivity contribution in [2.75, 3.05) is 6.54 Å². The molecule has 1 heterocycles. The van der Waals surface area contributed by atoms with E-state index in [2.05, 4.69) is 47.8 Å². The van der Waals surface area contributed by atoms with Crippen molar-refractivity contribution in [1.82, 2.24) is 10.3 Å². The van der Waals surface area contributed by atoms with Gasteiger partial charge in [-0.05, 0) is 54.9 Å². The minimum Gasteiger partial charge on any atom is -0.356 e. The Morgan fingerprint density at radius 1 is 1.04 bits per heavy atom. The van der Waals surface area contributed by atoms with Crippen LogP contribution in [0.2, 0.25) is 0 Å². The van der Waals surface area contributed by atoms with Crippen LogP contribution in [0.5, 0.6) is 0 Å². The average Bonchev–Trinajstić information content (AvgIpc) is 3.12. The summed E-state index contributed by atoms with van der Waals surface area (Å²) in [5, 5.41) is 6.79. The van der Waals surface area contributed by atoms with E-state index < -0.39 is 0 Å². The fraction of sp³-hybridized carbons (Fsp3) is 0.391. The number of carbonyl (C=O) groups is 1. The quantitative estimate of drug-likeness (QED) is 0.597. The van der Waals surface area contributed by atoms with E-state index in [0.29, 0.717) is 6.42 Å². The largest absolute Gasteiger partial charge is 0.356 e. The summed E-state index contributed by atoms with van der Waals surface area (Å²) < 4.78 is 0. The topological polar surface area (TPSA) is 42.0 Å². The number of hydrogen-bond acceptors (Lipinski definition) is 3. The molecular weight excluding hydrogens is 352 g/mol. The predicted molar refractivity (Wildman–Crippen MR) is 112 cm³/mol. The molecule has 0 bridgehead atoms. The van der Waals surface area contributed by atoms with Gasteiger partial charge in [0.25, 0.3) is 0 Å². The van der Waals surface area contributed by atoms with E-state index in [1.54, 1.807) is 0 Å². The first kappa shape index (κ1) is 18.2. The van der Waals surface area contributed by atoms with Gasteiger partial charge in [0.15, 0.2) is 0 Å². The smallest absolute Gasteiger partial charge is 0.220 e. The molecule has 0 radical (unpaired) electrons. The second kappa shape index (κ2) is 8.66. The van der Waals surface area contributed by atoms with Crippen LogP contribution in [-0.4, -0.2) is 17.4 Å². The second-order valence-electron chi connectivity index (χ2n) is 7.32. The van der Waals surface area contributed by atoms with Crippen molar-refractivity contribution in [2.24, 2.45) is 0 Å². The molecular formula is C23H26N2OS. The zero-order chi connectivity index (χ0) is 18.5. The van der Waals surface area contributed by atoms with Crippen LogP contribution in [0.25, 0.3) is 10.8 Å². The molecule has 1 N–H and O–H groups in total. The molecule has 0 unspecified atom stereocenters. The normalized spacial score (nSPS) is 13.5. The Morgan fingerprint density at radius 3 is 2.78 bits per heavy atom. The number of carbonyl (C=O) groups excluding carboxylic acids is 1. The van der Waals surface area contributed by atoms with Crippen molar-refractivity contribution >= 4 is 28.0 Å². The average molecular weight is 379 g/mol. The number of rotatable bonds is 7. The molecule has 0 fully saturated rings. The third-order valence-corrected chi connectivity index (χ3v) is 6.45. The van der Waals surface area contributed by atoms with Gasteiger partial charge in [-0.1, -0.05) is 42.5 Å². The van der Waals surface area contributed by atoms with Gasteiger partial charge in [0, 0.05) is 24.3 Å². The van der Waals surface area contributed by atoms with Crippen LogP contribution in [0.15, 0.2) is 42.5 Å². The lowest BCUT2D eigenvalue weighted by Gasteiger charge is -2.06. The van der Waals surface area contributed by atoms with Crippen molar-refractivity contribution < 1.29 is 4.79 Å². The summed E-state index contributed by atoms with van der Waals surface area (Å²) in [5.74, 6) is 0.140. The number of aryl methyl sites for hydroxylation is 4. The van der Waals surface area contributed by atoms with Crippen LogP contribution < -0.4 is 5.32 Å². The summed E-state index contributed by atoms with van der Waals surface area (Å²) in [6.45, 7) is 0.737. The van der Waals surface area contributed by atoms with Crippen molar-refractivity contribution in [3.05, 3.63) is 63.6 Å². The second-order valence-corrected chi connectivity index (χ2v) is 8.49. The predicted octanol–water partition coefficient (Wildman–Crippen LogP) is 4.86. The Hall–Kier alpha value is -2.20. The van der Waals surface area contributed by atoms with Crippen molar-refractivity contribution in [3.8, 4) is 0 Å². The maximum atomic E-state index is 12.1. The van der Waals surface area contributed by atoms with Crippen LogP contribution in [-0.2, 0) is 30.5 Å². The molecule has 0 atom stereocenters. The van der Waals surface area contributed by atoms with Crippen LogP contribution in [0.4, 0.5) is 0 Å². The number of nitrogens with zero attached hydrogens (tertiary/aromatic N) is 1. The summed E-state index contributed by atoms with van der Waals surface area (Å²) in [6.07, 6.45) is 8.22. The number of amides is 1. The summed E-state index contributed by atoms with van der Waals surface area (Å²) in [5.41, 5.74) is 2.55. The highest BCUT2D eigenvalue weighted by atomic mass is 32.1. The zero-order valence-electron chi connectivity index (χ0n) is 15.7. The first-order chi connectivity index (χ1) is 13.3. The van der Waals surface area contributed by atoms with Crippen LogP contribution in [0.1, 0.15) is 46.8 Å². The van der Waals surface area contributed by atoms with E-state index in [1.165, 1.54) is 51.2 Å². The fourth-order valence-corrected chi connectivity index (χ4v) is 4.92. The van der Waals surface area contributed by atoms with E-state index >= 15 is 0 Å². The Bertz CT molecular complexity index is 908. The number of hydrogen-bond donors (Lipinski definition) is 1. The standard InChI is InChI=1S/C23H26N2OS/c26-22(14-12-17-11-13-18-6-1-2-7-19(18)16-17)24-15-5-10-23-25-20-8-3-4-9-21(20)27-23/h1-2,6-7,11,13,16H,3-5,8-10,12,14-15H2,(H,24,26). The lowest BCUT2D eigenvalue weighted by Crippen LogP contribution is -2.24. The van der Waals surface area contributed by atoms with Gasteiger partial charge in [0.2, 0.25) is 5.91 Å². The molecule has 1 aliphatic carbocycles. The molecule has 0 saturated carbocycles. The highest BCUT2D eigenvalue weighted by Gasteiger charge is 2.14. The first-order valence-corrected chi connectivity index (χ1v) is 10.8. The van der Waals surface area contributed by atoms with E-state index in [0.717, 1.165) is 32.2 Å².